The van der Waals surface area contributed by atoms with Crippen molar-refractivity contribution in [2.45, 2.75) is 70.0 Å². The van der Waals surface area contributed by atoms with Crippen LogP contribution in [0.25, 0.3) is 0 Å². The monoisotopic (exact) mass is 272 g/mol. The Kier molecular flexibility index (Phi) is 3.64. The van der Waals surface area contributed by atoms with E-state index in [1.54, 1.807) is 11.1 Å². The molecule has 0 saturated carbocycles. The predicted octanol–water partition coefficient (Wildman–Crippen LogP) is 3.61. The van der Waals surface area contributed by atoms with E-state index >= 15 is 0 Å². The maximum atomic E-state index is 6.13. The summed E-state index contributed by atoms with van der Waals surface area (Å²) in [5.74, 6) is 0. The van der Waals surface area contributed by atoms with Crippen molar-refractivity contribution >= 4 is 0 Å². The molecule has 1 aromatic rings. The average Bonchev–Trinajstić information content (AvgIpc) is 2.40. The molecule has 1 aliphatic heterocycles. The van der Waals surface area contributed by atoms with E-state index in [-0.39, 0.29) is 0 Å². The second-order valence-corrected chi connectivity index (χ2v) is 7.40. The fraction of sp³-hybridized carbons (Fsp3) is 0.667. The lowest BCUT2D eigenvalue weighted by atomic mass is 9.70. The number of benzene rings is 1. The molecule has 1 fully saturated rings. The standard InChI is InChI=1S/C18H28N2/c1-13-12-14(19)9-11-20(13)17-8-10-18(2,3)16-7-5-4-6-15(16)17/h4-7,13-14,17H,8-12,19H2,1-3H3. The van der Waals surface area contributed by atoms with Gasteiger partial charge in [0.05, 0.1) is 0 Å². The molecule has 1 aromatic carbocycles. The summed E-state index contributed by atoms with van der Waals surface area (Å²) in [6, 6.07) is 10.7. The van der Waals surface area contributed by atoms with Crippen molar-refractivity contribution < 1.29 is 0 Å². The Morgan fingerprint density at radius 1 is 1.20 bits per heavy atom. The van der Waals surface area contributed by atoms with Gasteiger partial charge in [0.25, 0.3) is 0 Å². The van der Waals surface area contributed by atoms with Crippen molar-refractivity contribution in [1.29, 1.82) is 0 Å². The smallest absolute Gasteiger partial charge is 0.0354 e. The first-order chi connectivity index (χ1) is 9.49. The van der Waals surface area contributed by atoms with E-state index in [1.165, 1.54) is 12.8 Å². The van der Waals surface area contributed by atoms with Crippen LogP contribution < -0.4 is 5.73 Å². The van der Waals surface area contributed by atoms with Gasteiger partial charge in [-0.1, -0.05) is 38.1 Å². The molecular weight excluding hydrogens is 244 g/mol. The van der Waals surface area contributed by atoms with Gasteiger partial charge in [-0.3, -0.25) is 4.90 Å². The maximum absolute atomic E-state index is 6.13. The molecule has 0 bridgehead atoms. The van der Waals surface area contributed by atoms with Gasteiger partial charge in [-0.25, -0.2) is 0 Å². The van der Waals surface area contributed by atoms with Gasteiger partial charge in [0.2, 0.25) is 0 Å². The number of fused-ring (bicyclic) bond motifs is 1. The van der Waals surface area contributed by atoms with Gasteiger partial charge >= 0.3 is 0 Å². The van der Waals surface area contributed by atoms with Crippen LogP contribution in [0, 0.1) is 0 Å². The summed E-state index contributed by atoms with van der Waals surface area (Å²) in [5, 5.41) is 0. The van der Waals surface area contributed by atoms with Crippen molar-refractivity contribution in [3.63, 3.8) is 0 Å². The fourth-order valence-electron chi connectivity index (χ4n) is 4.23. The van der Waals surface area contributed by atoms with E-state index in [9.17, 15) is 0 Å². The van der Waals surface area contributed by atoms with E-state index in [0.717, 1.165) is 19.4 Å². The number of rotatable bonds is 1. The Balaban J connectivity index is 1.92. The van der Waals surface area contributed by atoms with Gasteiger partial charge in [0, 0.05) is 24.7 Å². The minimum atomic E-state index is 0.322. The lowest BCUT2D eigenvalue weighted by Crippen LogP contribution is -2.48. The fourth-order valence-corrected chi connectivity index (χ4v) is 4.23. The molecule has 0 spiro atoms. The Morgan fingerprint density at radius 3 is 2.70 bits per heavy atom. The Bertz CT molecular complexity index is 480. The summed E-state index contributed by atoms with van der Waals surface area (Å²) in [6.07, 6.45) is 4.85. The van der Waals surface area contributed by atoms with Crippen molar-refractivity contribution in [2.24, 2.45) is 5.73 Å². The van der Waals surface area contributed by atoms with Gasteiger partial charge < -0.3 is 5.73 Å². The van der Waals surface area contributed by atoms with Crippen molar-refractivity contribution in [3.05, 3.63) is 35.4 Å². The van der Waals surface area contributed by atoms with Crippen LogP contribution in [0.5, 0.6) is 0 Å². The molecule has 0 aromatic heterocycles. The molecule has 1 heterocycles. The van der Waals surface area contributed by atoms with Crippen molar-refractivity contribution in [1.82, 2.24) is 4.90 Å². The first-order valence-corrected chi connectivity index (χ1v) is 8.10. The maximum Gasteiger partial charge on any atom is 0.0354 e. The molecule has 3 atom stereocenters. The highest BCUT2D eigenvalue weighted by Gasteiger charge is 2.37. The van der Waals surface area contributed by atoms with Crippen molar-refractivity contribution in [3.8, 4) is 0 Å². The van der Waals surface area contributed by atoms with E-state index in [4.69, 9.17) is 5.73 Å². The summed E-state index contributed by atoms with van der Waals surface area (Å²) in [7, 11) is 0. The number of nitrogens with two attached hydrogens (primary N) is 1. The van der Waals surface area contributed by atoms with Gasteiger partial charge in [0.1, 0.15) is 0 Å². The molecule has 3 unspecified atom stereocenters. The van der Waals surface area contributed by atoms with Gasteiger partial charge in [-0.05, 0) is 49.1 Å². The number of hydrogen-bond acceptors (Lipinski definition) is 2. The van der Waals surface area contributed by atoms with Crippen LogP contribution in [0.2, 0.25) is 0 Å². The van der Waals surface area contributed by atoms with Gasteiger partial charge in [-0.15, -0.1) is 0 Å². The van der Waals surface area contributed by atoms with Crippen LogP contribution in [0.4, 0.5) is 0 Å². The molecule has 2 aliphatic rings. The highest BCUT2D eigenvalue weighted by molar-refractivity contribution is 5.38. The molecular formula is C18H28N2. The predicted molar refractivity (Wildman–Crippen MR) is 84.8 cm³/mol. The molecule has 1 saturated heterocycles. The molecule has 20 heavy (non-hydrogen) atoms. The molecule has 2 N–H and O–H groups in total. The van der Waals surface area contributed by atoms with Crippen LogP contribution >= 0.6 is 0 Å². The zero-order chi connectivity index (χ0) is 14.3. The Hall–Kier alpha value is -0.860. The van der Waals surface area contributed by atoms with Gasteiger partial charge in [0.15, 0.2) is 0 Å². The third-order valence-electron chi connectivity index (χ3n) is 5.46. The van der Waals surface area contributed by atoms with Gasteiger partial charge in [-0.2, -0.15) is 0 Å². The van der Waals surface area contributed by atoms with Crippen LogP contribution in [-0.2, 0) is 5.41 Å². The number of piperidine rings is 1. The SMILES string of the molecule is CC1CC(N)CCN1C1CCC(C)(C)c2ccccc21. The molecule has 110 valence electrons. The summed E-state index contributed by atoms with van der Waals surface area (Å²) in [4.78, 5) is 2.71. The lowest BCUT2D eigenvalue weighted by Gasteiger charge is -2.46. The summed E-state index contributed by atoms with van der Waals surface area (Å²) in [6.45, 7) is 8.28. The third-order valence-corrected chi connectivity index (χ3v) is 5.46. The second-order valence-electron chi connectivity index (χ2n) is 7.40. The van der Waals surface area contributed by atoms with Crippen LogP contribution in [0.1, 0.15) is 63.6 Å². The van der Waals surface area contributed by atoms with Crippen LogP contribution in [0.15, 0.2) is 24.3 Å². The first kappa shape index (κ1) is 14.1. The van der Waals surface area contributed by atoms with E-state index < -0.39 is 0 Å². The molecule has 2 nitrogen and oxygen atoms in total. The zero-order valence-electron chi connectivity index (χ0n) is 13.1. The van der Waals surface area contributed by atoms with Crippen LogP contribution in [0.3, 0.4) is 0 Å². The quantitative estimate of drug-likeness (QED) is 0.846. The minimum absolute atomic E-state index is 0.322. The molecule has 3 rings (SSSR count). The number of hydrogen-bond donors (Lipinski definition) is 1. The summed E-state index contributed by atoms with van der Waals surface area (Å²) in [5.41, 5.74) is 9.57. The van der Waals surface area contributed by atoms with E-state index in [1.807, 2.05) is 0 Å². The highest BCUT2D eigenvalue weighted by Crippen LogP contribution is 2.45. The first-order valence-electron chi connectivity index (χ1n) is 8.10. The molecule has 1 aliphatic carbocycles. The summed E-state index contributed by atoms with van der Waals surface area (Å²) < 4.78 is 0. The Morgan fingerprint density at radius 2 is 1.95 bits per heavy atom. The topological polar surface area (TPSA) is 29.3 Å². The molecule has 0 radical (unpaired) electrons. The largest absolute Gasteiger partial charge is 0.328 e. The van der Waals surface area contributed by atoms with E-state index in [2.05, 4.69) is 49.9 Å². The number of likely N-dealkylation sites (tertiary alicyclic amines) is 1. The highest BCUT2D eigenvalue weighted by atomic mass is 15.2. The van der Waals surface area contributed by atoms with E-state index in [0.29, 0.717) is 23.5 Å². The molecule has 2 heteroatoms. The Labute approximate surface area is 123 Å². The third kappa shape index (κ3) is 2.40. The second kappa shape index (κ2) is 5.16. The zero-order valence-corrected chi connectivity index (χ0v) is 13.1. The van der Waals surface area contributed by atoms with Crippen molar-refractivity contribution in [2.75, 3.05) is 6.54 Å². The minimum Gasteiger partial charge on any atom is -0.328 e. The average molecular weight is 272 g/mol. The lowest BCUT2D eigenvalue weighted by molar-refractivity contribution is 0.0788. The van der Waals surface area contributed by atoms with Crippen LogP contribution in [-0.4, -0.2) is 23.5 Å². The normalized spacial score (nSPS) is 33.7. The summed E-state index contributed by atoms with van der Waals surface area (Å²) >= 11 is 0. The molecule has 0 amide bonds. The number of nitrogens with zero attached hydrogens (tertiary/aromatic N) is 1.